The third kappa shape index (κ3) is 1.89. The summed E-state index contributed by atoms with van der Waals surface area (Å²) in [5.74, 6) is 0. The lowest BCUT2D eigenvalue weighted by Crippen LogP contribution is -1.81. The monoisotopic (exact) mass is 332 g/mol. The molecule has 2 nitrogen and oxygen atoms in total. The minimum atomic E-state index is 0.644. The van der Waals surface area contributed by atoms with E-state index in [2.05, 4.69) is 54.2 Å². The fraction of sp³-hybridized carbons (Fsp3) is 0.111. The van der Waals surface area contributed by atoms with Gasteiger partial charge in [0, 0.05) is 10.0 Å². The lowest BCUT2D eigenvalue weighted by atomic mass is 10.1. The normalized spacial score (nSPS) is 10.5. The summed E-state index contributed by atoms with van der Waals surface area (Å²) in [6.45, 7) is 2.06. The number of hydrogen-bond donors (Lipinski definition) is 0. The van der Waals surface area contributed by atoms with Crippen LogP contribution in [-0.4, -0.2) is 9.36 Å². The van der Waals surface area contributed by atoms with E-state index in [9.17, 15) is 0 Å². The summed E-state index contributed by atoms with van der Waals surface area (Å²) < 4.78 is 5.82. The molecule has 0 saturated heterocycles. The molecule has 0 spiro atoms. The first-order valence-electron chi connectivity index (χ1n) is 3.93. The van der Waals surface area contributed by atoms with Crippen molar-refractivity contribution >= 4 is 43.4 Å². The molecule has 14 heavy (non-hydrogen) atoms. The van der Waals surface area contributed by atoms with Gasteiger partial charge in [0.1, 0.15) is 5.01 Å². The molecule has 1 aromatic heterocycles. The Labute approximate surface area is 103 Å². The molecule has 1 aromatic carbocycles. The van der Waals surface area contributed by atoms with Gasteiger partial charge < -0.3 is 0 Å². The van der Waals surface area contributed by atoms with E-state index in [1.54, 1.807) is 0 Å². The topological polar surface area (TPSA) is 25.8 Å². The maximum atomic E-state index is 4.28. The zero-order chi connectivity index (χ0) is 10.1. The standard InChI is InChI=1S/C9H6Br2N2S/c1-5-3-2-4-6(7(5)10)8-12-9(11)13-14-8/h2-4H,1H3. The van der Waals surface area contributed by atoms with Crippen molar-refractivity contribution < 1.29 is 0 Å². The first kappa shape index (κ1) is 10.3. The van der Waals surface area contributed by atoms with Gasteiger partial charge in [0.25, 0.3) is 0 Å². The van der Waals surface area contributed by atoms with E-state index in [0.717, 1.165) is 15.0 Å². The van der Waals surface area contributed by atoms with Crippen LogP contribution >= 0.6 is 43.4 Å². The molecule has 72 valence electrons. The van der Waals surface area contributed by atoms with Crippen molar-refractivity contribution in [2.24, 2.45) is 0 Å². The van der Waals surface area contributed by atoms with Gasteiger partial charge in [-0.1, -0.05) is 18.2 Å². The van der Waals surface area contributed by atoms with Crippen molar-refractivity contribution in [2.75, 3.05) is 0 Å². The van der Waals surface area contributed by atoms with E-state index in [1.165, 1.54) is 17.1 Å². The molecule has 0 unspecified atom stereocenters. The van der Waals surface area contributed by atoms with E-state index in [0.29, 0.717) is 4.73 Å². The summed E-state index contributed by atoms with van der Waals surface area (Å²) in [7, 11) is 0. The zero-order valence-electron chi connectivity index (χ0n) is 7.29. The molecule has 1 heterocycles. The Balaban J connectivity index is 2.57. The second kappa shape index (κ2) is 4.08. The Morgan fingerprint density at radius 2 is 2.07 bits per heavy atom. The van der Waals surface area contributed by atoms with Crippen LogP contribution in [0.2, 0.25) is 0 Å². The summed E-state index contributed by atoms with van der Waals surface area (Å²) in [6, 6.07) is 6.11. The maximum Gasteiger partial charge on any atom is 0.209 e. The third-order valence-electron chi connectivity index (χ3n) is 1.82. The molecule has 0 amide bonds. The molecule has 0 aliphatic rings. The highest BCUT2D eigenvalue weighted by molar-refractivity contribution is 9.10. The van der Waals surface area contributed by atoms with E-state index in [1.807, 2.05) is 12.1 Å². The number of aromatic nitrogens is 2. The molecule has 0 aliphatic carbocycles. The molecule has 2 rings (SSSR count). The van der Waals surface area contributed by atoms with Gasteiger partial charge in [0.15, 0.2) is 0 Å². The SMILES string of the molecule is Cc1cccc(-c2nc(Br)ns2)c1Br. The van der Waals surface area contributed by atoms with E-state index in [-0.39, 0.29) is 0 Å². The smallest absolute Gasteiger partial charge is 0.209 e. The molecular formula is C9H6Br2N2S. The van der Waals surface area contributed by atoms with Crippen molar-refractivity contribution in [1.29, 1.82) is 0 Å². The van der Waals surface area contributed by atoms with Crippen molar-refractivity contribution in [2.45, 2.75) is 6.92 Å². The number of benzene rings is 1. The van der Waals surface area contributed by atoms with Crippen LogP contribution in [0.4, 0.5) is 0 Å². The molecule has 2 aromatic rings. The predicted octanol–water partition coefficient (Wildman–Crippen LogP) is 4.04. The van der Waals surface area contributed by atoms with Gasteiger partial charge in [0.2, 0.25) is 4.73 Å². The van der Waals surface area contributed by atoms with Crippen LogP contribution in [0.3, 0.4) is 0 Å². The van der Waals surface area contributed by atoms with Crippen molar-refractivity contribution in [1.82, 2.24) is 9.36 Å². The molecule has 0 saturated carbocycles. The Kier molecular flexibility index (Phi) is 2.99. The molecule has 0 bridgehead atoms. The summed E-state index contributed by atoms with van der Waals surface area (Å²) in [4.78, 5) is 4.28. The Bertz CT molecular complexity index is 468. The van der Waals surface area contributed by atoms with Gasteiger partial charge in [-0.05, 0) is 55.9 Å². The largest absolute Gasteiger partial charge is 0.209 e. The van der Waals surface area contributed by atoms with Crippen LogP contribution in [0.1, 0.15) is 5.56 Å². The Morgan fingerprint density at radius 1 is 1.29 bits per heavy atom. The molecule has 0 N–H and O–H groups in total. The predicted molar refractivity (Wildman–Crippen MR) is 65.5 cm³/mol. The van der Waals surface area contributed by atoms with Gasteiger partial charge in [-0.3, -0.25) is 0 Å². The van der Waals surface area contributed by atoms with Crippen LogP contribution in [-0.2, 0) is 0 Å². The maximum absolute atomic E-state index is 4.28. The highest BCUT2D eigenvalue weighted by Crippen LogP contribution is 2.32. The number of hydrogen-bond acceptors (Lipinski definition) is 3. The average molecular weight is 334 g/mol. The quantitative estimate of drug-likeness (QED) is 0.787. The van der Waals surface area contributed by atoms with E-state index >= 15 is 0 Å². The number of nitrogens with zero attached hydrogens (tertiary/aromatic N) is 2. The Hall–Kier alpha value is -0.260. The highest BCUT2D eigenvalue weighted by atomic mass is 79.9. The first-order chi connectivity index (χ1) is 6.68. The van der Waals surface area contributed by atoms with Crippen LogP contribution in [0.5, 0.6) is 0 Å². The van der Waals surface area contributed by atoms with Crippen LogP contribution < -0.4 is 0 Å². The van der Waals surface area contributed by atoms with Crippen LogP contribution in [0.25, 0.3) is 10.6 Å². The molecule has 0 fully saturated rings. The summed E-state index contributed by atoms with van der Waals surface area (Å²) >= 11 is 8.18. The van der Waals surface area contributed by atoms with Crippen LogP contribution in [0.15, 0.2) is 27.4 Å². The number of rotatable bonds is 1. The fourth-order valence-electron chi connectivity index (χ4n) is 1.13. The molecule has 0 radical (unpaired) electrons. The van der Waals surface area contributed by atoms with E-state index in [4.69, 9.17) is 0 Å². The fourth-order valence-corrected chi connectivity index (χ4v) is 2.82. The summed E-state index contributed by atoms with van der Waals surface area (Å²) in [5.41, 5.74) is 2.29. The zero-order valence-corrected chi connectivity index (χ0v) is 11.3. The molecule has 0 atom stereocenters. The summed E-state index contributed by atoms with van der Waals surface area (Å²) in [6.07, 6.45) is 0. The van der Waals surface area contributed by atoms with E-state index < -0.39 is 0 Å². The second-order valence-electron chi connectivity index (χ2n) is 2.81. The summed E-state index contributed by atoms with van der Waals surface area (Å²) in [5, 5.41) is 0.924. The highest BCUT2D eigenvalue weighted by Gasteiger charge is 2.09. The lowest BCUT2D eigenvalue weighted by Gasteiger charge is -2.02. The van der Waals surface area contributed by atoms with Crippen molar-refractivity contribution in [3.63, 3.8) is 0 Å². The van der Waals surface area contributed by atoms with Crippen molar-refractivity contribution in [3.8, 4) is 10.6 Å². The number of aryl methyl sites for hydroxylation is 1. The minimum absolute atomic E-state index is 0.644. The first-order valence-corrected chi connectivity index (χ1v) is 6.29. The van der Waals surface area contributed by atoms with Gasteiger partial charge in [-0.15, -0.1) is 0 Å². The second-order valence-corrected chi connectivity index (χ2v) is 5.06. The molecular weight excluding hydrogens is 328 g/mol. The number of halogens is 2. The van der Waals surface area contributed by atoms with Gasteiger partial charge in [-0.25, -0.2) is 4.98 Å². The van der Waals surface area contributed by atoms with Gasteiger partial charge in [-0.2, -0.15) is 4.37 Å². The lowest BCUT2D eigenvalue weighted by molar-refractivity contribution is 1.25. The average Bonchev–Trinajstić information content (AvgIpc) is 2.57. The molecule has 5 heteroatoms. The minimum Gasteiger partial charge on any atom is -0.209 e. The third-order valence-corrected chi connectivity index (χ3v) is 4.21. The Morgan fingerprint density at radius 3 is 2.71 bits per heavy atom. The molecule has 0 aliphatic heterocycles. The van der Waals surface area contributed by atoms with Gasteiger partial charge in [0.05, 0.1) is 0 Å². The van der Waals surface area contributed by atoms with Crippen LogP contribution in [0, 0.1) is 6.92 Å². The van der Waals surface area contributed by atoms with Crippen molar-refractivity contribution in [3.05, 3.63) is 33.0 Å². The van der Waals surface area contributed by atoms with Gasteiger partial charge >= 0.3 is 0 Å².